The fourth-order valence-electron chi connectivity index (χ4n) is 14.8. The molecule has 0 aliphatic carbocycles. The first-order chi connectivity index (χ1) is 46.2. The molecule has 7 aliphatic rings. The molecule has 7 fully saturated rings. The van der Waals surface area contributed by atoms with Gasteiger partial charge in [-0.1, -0.05) is 12.8 Å². The summed E-state index contributed by atoms with van der Waals surface area (Å²) in [6.45, 7) is -4.07. The van der Waals surface area contributed by atoms with E-state index in [1.54, 1.807) is 0 Å². The van der Waals surface area contributed by atoms with Crippen molar-refractivity contribution < 1.29 is 136 Å². The Balaban J connectivity index is 1.08. The summed E-state index contributed by atoms with van der Waals surface area (Å²) in [6, 6.07) is 0.148. The Morgan fingerprint density at radius 2 is 0.863 bits per heavy atom. The lowest BCUT2D eigenvalue weighted by Gasteiger charge is -2.53. The highest BCUT2D eigenvalue weighted by Crippen LogP contribution is 2.44. The summed E-state index contributed by atoms with van der Waals surface area (Å²) in [5.74, 6) is -5.46. The van der Waals surface area contributed by atoms with Gasteiger partial charge in [-0.3, -0.25) is 9.59 Å². The van der Waals surface area contributed by atoms with Crippen molar-refractivity contribution in [3.8, 4) is 0 Å². The largest absolute Gasteiger partial charge is 0.396 e. The molecular formula is C62H110N4O28S. The molecule has 0 bridgehead atoms. The highest BCUT2D eigenvalue weighted by Gasteiger charge is 2.59. The molecule has 95 heavy (non-hydrogen) atoms. The molecule has 7 saturated heterocycles. The molecule has 0 spiro atoms. The van der Waals surface area contributed by atoms with Crippen LogP contribution in [-0.2, 0) is 85.4 Å². The number of aliphatic hydroxyl groups excluding tert-OH is 9. The first-order valence-electron chi connectivity index (χ1n) is 33.4. The summed E-state index contributed by atoms with van der Waals surface area (Å²) in [5.41, 5.74) is 0. The molecule has 0 aromatic rings. The Morgan fingerprint density at radius 3 is 1.31 bits per heavy atom. The van der Waals surface area contributed by atoms with Crippen molar-refractivity contribution in [1.82, 2.24) is 21.3 Å². The molecule has 4 amide bonds. The maximum Gasteiger partial charge on any atom is 0.315 e. The number of aliphatic hydroxyl groups is 9. The highest BCUT2D eigenvalue weighted by atomic mass is 32.2. The van der Waals surface area contributed by atoms with Crippen LogP contribution in [0, 0.1) is 41.4 Å². The number of rotatable bonds is 41. The number of unbranched alkanes of at least 4 members (excludes halogenated alkanes) is 3. The van der Waals surface area contributed by atoms with Crippen LogP contribution in [0.4, 0.5) is 4.79 Å². The SMILES string of the molecule is COCC1O[C@@H](O[C@@H]2C(OC)[C@H](O[C@@H]3C(OC)[C@H](OC4[C@H](NC(=O)CCCCCNC(=O)CCCC[C@@H]5SC[C@@H]6NC(=O)N[C@@H]65)OC(CCO)[C@H](CO)[C@@H]4CO)OC(COC)[C@@H]3CO)OC(COC)[C@@H]2CO)C(OC)[C@@H](O[C@@H]2OC(CCO)[C@H](CO)[C@H](CO)C2OC)[C@H]1CO. The van der Waals surface area contributed by atoms with Crippen LogP contribution in [0.3, 0.4) is 0 Å². The van der Waals surface area contributed by atoms with Gasteiger partial charge in [-0.2, -0.15) is 11.8 Å². The lowest BCUT2D eigenvalue weighted by molar-refractivity contribution is -0.391. The predicted molar refractivity (Wildman–Crippen MR) is 333 cm³/mol. The Labute approximate surface area is 560 Å². The molecule has 0 saturated carbocycles. The van der Waals surface area contributed by atoms with Gasteiger partial charge in [0.2, 0.25) is 11.8 Å². The average molecular weight is 1390 g/mol. The molecule has 32 nitrogen and oxygen atoms in total. The van der Waals surface area contributed by atoms with Crippen LogP contribution in [0.15, 0.2) is 0 Å². The van der Waals surface area contributed by atoms with Crippen LogP contribution in [0.5, 0.6) is 0 Å². The van der Waals surface area contributed by atoms with Crippen molar-refractivity contribution in [2.75, 3.05) is 141 Å². The van der Waals surface area contributed by atoms with Gasteiger partial charge in [0.15, 0.2) is 31.4 Å². The number of amides is 4. The molecule has 0 radical (unpaired) electrons. The number of methoxy groups -OCH3 is 7. The van der Waals surface area contributed by atoms with E-state index in [2.05, 4.69) is 21.3 Å². The zero-order chi connectivity index (χ0) is 68.7. The number of carbonyl (C=O) groups excluding carboxylic acids is 3. The van der Waals surface area contributed by atoms with E-state index in [1.807, 2.05) is 11.8 Å². The van der Waals surface area contributed by atoms with E-state index in [0.29, 0.717) is 37.5 Å². The summed E-state index contributed by atoms with van der Waals surface area (Å²) < 4.78 is 102. The molecule has 7 heterocycles. The third kappa shape index (κ3) is 20.0. The Hall–Kier alpha value is -2.44. The Kier molecular flexibility index (Phi) is 34.4. The van der Waals surface area contributed by atoms with Crippen molar-refractivity contribution >= 4 is 29.6 Å². The second-order valence-corrected chi connectivity index (χ2v) is 26.7. The fraction of sp³-hybridized carbons (Fsp3) is 0.952. The summed E-state index contributed by atoms with van der Waals surface area (Å²) in [4.78, 5) is 38.4. The van der Waals surface area contributed by atoms with E-state index in [0.717, 1.165) is 25.0 Å². The van der Waals surface area contributed by atoms with Crippen LogP contribution in [0.2, 0.25) is 0 Å². The van der Waals surface area contributed by atoms with E-state index >= 15 is 0 Å². The molecule has 10 unspecified atom stereocenters. The predicted octanol–water partition coefficient (Wildman–Crippen LogP) is -3.31. The van der Waals surface area contributed by atoms with Gasteiger partial charge in [0.05, 0.1) is 101 Å². The van der Waals surface area contributed by atoms with Crippen molar-refractivity contribution in [2.45, 2.75) is 192 Å². The average Bonchev–Trinajstić information content (AvgIpc) is 1.56. The molecule has 0 aromatic heterocycles. The van der Waals surface area contributed by atoms with Crippen LogP contribution in [-0.4, -0.2) is 333 Å². The monoisotopic (exact) mass is 1390 g/mol. The fourth-order valence-corrected chi connectivity index (χ4v) is 16.4. The normalized spacial score (nSPS) is 39.7. The van der Waals surface area contributed by atoms with Crippen molar-refractivity contribution in [3.05, 3.63) is 0 Å². The Bertz CT molecular complexity index is 2220. The minimum atomic E-state index is -1.46. The zero-order valence-electron chi connectivity index (χ0n) is 55.8. The van der Waals surface area contributed by atoms with E-state index in [-0.39, 0.29) is 82.9 Å². The lowest BCUT2D eigenvalue weighted by Crippen LogP contribution is -2.67. The van der Waals surface area contributed by atoms with E-state index in [4.69, 9.17) is 75.8 Å². The molecule has 28 atom stereocenters. The smallest absolute Gasteiger partial charge is 0.315 e. The summed E-state index contributed by atoms with van der Waals surface area (Å²) in [5, 5.41) is 109. The maximum absolute atomic E-state index is 13.9. The van der Waals surface area contributed by atoms with Gasteiger partial charge in [0.1, 0.15) is 30.5 Å². The first-order valence-corrected chi connectivity index (χ1v) is 34.4. The van der Waals surface area contributed by atoms with Gasteiger partial charge in [0.25, 0.3) is 0 Å². The van der Waals surface area contributed by atoms with Gasteiger partial charge in [-0.15, -0.1) is 0 Å². The first kappa shape index (κ1) is 79.9. The number of carbonyl (C=O) groups is 3. The molecule has 33 heteroatoms. The van der Waals surface area contributed by atoms with Crippen LogP contribution >= 0.6 is 11.8 Å². The topological polar surface area (TPSA) is 429 Å². The molecule has 0 aromatic carbocycles. The number of hydrogen-bond acceptors (Lipinski definition) is 29. The van der Waals surface area contributed by atoms with Crippen LogP contribution in [0.1, 0.15) is 64.2 Å². The van der Waals surface area contributed by atoms with E-state index < -0.39 is 198 Å². The minimum Gasteiger partial charge on any atom is -0.396 e. The van der Waals surface area contributed by atoms with Crippen molar-refractivity contribution in [2.24, 2.45) is 41.4 Å². The molecule has 7 rings (SSSR count). The number of thioether (sulfide) groups is 1. The van der Waals surface area contributed by atoms with Crippen LogP contribution < -0.4 is 21.3 Å². The number of nitrogens with one attached hydrogen (secondary N) is 4. The third-order valence-electron chi connectivity index (χ3n) is 19.8. The Morgan fingerprint density at radius 1 is 0.453 bits per heavy atom. The lowest BCUT2D eigenvalue weighted by atomic mass is 9.80. The van der Waals surface area contributed by atoms with E-state index in [1.165, 1.54) is 49.8 Å². The number of ether oxygens (including phenoxy) is 16. The molecular weight excluding hydrogens is 1280 g/mol. The summed E-state index contributed by atoms with van der Waals surface area (Å²) >= 11 is 1.84. The molecule has 552 valence electrons. The maximum atomic E-state index is 13.9. The quantitative estimate of drug-likeness (QED) is 0.0211. The number of fused-ring (bicyclic) bond motifs is 1. The van der Waals surface area contributed by atoms with Crippen molar-refractivity contribution in [3.63, 3.8) is 0 Å². The van der Waals surface area contributed by atoms with Gasteiger partial charge < -0.3 is 143 Å². The second-order valence-electron chi connectivity index (χ2n) is 25.4. The van der Waals surface area contributed by atoms with Gasteiger partial charge >= 0.3 is 6.03 Å². The van der Waals surface area contributed by atoms with Gasteiger partial charge in [-0.05, 0) is 38.5 Å². The molecule has 7 aliphatic heterocycles. The summed E-state index contributed by atoms with van der Waals surface area (Å²) in [7, 11) is 9.83. The highest BCUT2D eigenvalue weighted by molar-refractivity contribution is 8.00. The number of urea groups is 1. The minimum absolute atomic E-state index is 0.0439. The van der Waals surface area contributed by atoms with Gasteiger partial charge in [-0.25, -0.2) is 4.79 Å². The van der Waals surface area contributed by atoms with Crippen molar-refractivity contribution in [1.29, 1.82) is 0 Å². The van der Waals surface area contributed by atoms with Gasteiger partial charge in [0, 0.05) is 161 Å². The standard InChI is InChI=1S/C62H110N4O28S/c1-79-28-42-36(25-73)49(91-58-53(82-4)35(24-72)33(22-70)41(87-58)17-20-68)54(83-5)59(88-42)92-50-37(26-74)43(29-80-2)89-60(55(50)84-6)93-51-38(27-75)44(30-81-3)90-61(56(51)85-7)94-52-34(23-71)32(21-69)40(16-19-67)86-57(52)65-47(77)15-9-8-12-18-63-46(76)14-11-10-13-45-48-39(31-95-45)64-62(78)66-48/h32-45,48-61,67-75H,8-31H2,1-7H3,(H,63,76)(H,65,77)(H2,64,66,78)/t32-,33-,34+,35+,36+,37+,38+,39+,40?,41?,42?,43?,44?,45+,48+,49+,50+,51+,52?,53?,54?,55?,56?,57-,58+,59+,60+,61+/m1/s1. The van der Waals surface area contributed by atoms with Crippen LogP contribution in [0.25, 0.3) is 0 Å². The summed E-state index contributed by atoms with van der Waals surface area (Å²) in [6.07, 6.45) is -16.2. The zero-order valence-corrected chi connectivity index (χ0v) is 56.6. The number of hydrogen-bond donors (Lipinski definition) is 13. The molecule has 13 N–H and O–H groups in total. The third-order valence-corrected chi connectivity index (χ3v) is 21.3. The van der Waals surface area contributed by atoms with E-state index in [9.17, 15) is 60.3 Å². The second kappa shape index (κ2) is 40.9.